The van der Waals surface area contributed by atoms with Gasteiger partial charge in [0, 0.05) is 5.92 Å². The van der Waals surface area contributed by atoms with Gasteiger partial charge in [-0.2, -0.15) is 0 Å². The van der Waals surface area contributed by atoms with Gasteiger partial charge in [-0.3, -0.25) is 0 Å². The number of allylic oxidation sites excluding steroid dienone is 5. The highest BCUT2D eigenvalue weighted by molar-refractivity contribution is 5.50. The maximum absolute atomic E-state index is 2.29. The van der Waals surface area contributed by atoms with Gasteiger partial charge >= 0.3 is 0 Å². The van der Waals surface area contributed by atoms with Crippen molar-refractivity contribution < 1.29 is 0 Å². The lowest BCUT2D eigenvalue weighted by molar-refractivity contribution is 0.398. The van der Waals surface area contributed by atoms with Crippen molar-refractivity contribution in [2.75, 3.05) is 0 Å². The van der Waals surface area contributed by atoms with Crippen LogP contribution < -0.4 is 0 Å². The minimum atomic E-state index is 0.222. The Bertz CT molecular complexity index is 419. The first kappa shape index (κ1) is 10.9. The summed E-state index contributed by atoms with van der Waals surface area (Å²) in [7, 11) is 0. The second-order valence-electron chi connectivity index (χ2n) is 4.86. The standard InChI is InChI=1S/C16H18/c1-16(2)13-7-6-10-15(16)12-11-14-8-4-3-5-9-14/h3-13,15H,1-2H3. The monoisotopic (exact) mass is 210 g/mol. The van der Waals surface area contributed by atoms with Crippen LogP contribution in [0.1, 0.15) is 19.4 Å². The van der Waals surface area contributed by atoms with Crippen molar-refractivity contribution in [3.05, 3.63) is 66.3 Å². The van der Waals surface area contributed by atoms with Crippen molar-refractivity contribution >= 4 is 6.08 Å². The molecule has 16 heavy (non-hydrogen) atoms. The Morgan fingerprint density at radius 1 is 1.06 bits per heavy atom. The molecular formula is C16H18. The highest BCUT2D eigenvalue weighted by atomic mass is 14.3. The molecule has 0 N–H and O–H groups in total. The van der Waals surface area contributed by atoms with Crippen molar-refractivity contribution in [1.82, 2.24) is 0 Å². The fourth-order valence-corrected chi connectivity index (χ4v) is 1.94. The summed E-state index contributed by atoms with van der Waals surface area (Å²) in [6.45, 7) is 4.54. The molecule has 2 rings (SSSR count). The van der Waals surface area contributed by atoms with Crippen LogP contribution in [0.15, 0.2) is 60.7 Å². The Labute approximate surface area is 98.0 Å². The molecule has 1 aliphatic rings. The van der Waals surface area contributed by atoms with Gasteiger partial charge in [0.25, 0.3) is 0 Å². The topological polar surface area (TPSA) is 0 Å². The summed E-state index contributed by atoms with van der Waals surface area (Å²) in [6, 6.07) is 10.4. The first-order valence-corrected chi connectivity index (χ1v) is 5.78. The molecule has 1 unspecified atom stereocenters. The lowest BCUT2D eigenvalue weighted by Crippen LogP contribution is -2.19. The molecule has 0 saturated carbocycles. The van der Waals surface area contributed by atoms with Gasteiger partial charge in [0.15, 0.2) is 0 Å². The lowest BCUT2D eigenvalue weighted by Gasteiger charge is -2.29. The van der Waals surface area contributed by atoms with Crippen molar-refractivity contribution in [2.24, 2.45) is 11.3 Å². The summed E-state index contributed by atoms with van der Waals surface area (Å²) in [5, 5.41) is 0. The second kappa shape index (κ2) is 4.52. The summed E-state index contributed by atoms with van der Waals surface area (Å²) < 4.78 is 0. The minimum Gasteiger partial charge on any atom is -0.0780 e. The van der Waals surface area contributed by atoms with E-state index < -0.39 is 0 Å². The largest absolute Gasteiger partial charge is 0.0780 e. The van der Waals surface area contributed by atoms with Gasteiger partial charge in [0.1, 0.15) is 0 Å². The summed E-state index contributed by atoms with van der Waals surface area (Å²) >= 11 is 0. The van der Waals surface area contributed by atoms with Gasteiger partial charge in [-0.25, -0.2) is 0 Å². The quantitative estimate of drug-likeness (QED) is 0.675. The molecule has 0 spiro atoms. The van der Waals surface area contributed by atoms with Crippen LogP contribution in [0, 0.1) is 11.3 Å². The summed E-state index contributed by atoms with van der Waals surface area (Å²) in [6.07, 6.45) is 13.3. The predicted octanol–water partition coefficient (Wildman–Crippen LogP) is 4.47. The van der Waals surface area contributed by atoms with E-state index in [1.807, 2.05) is 6.07 Å². The molecule has 1 aliphatic carbocycles. The molecule has 0 fully saturated rings. The molecule has 0 aliphatic heterocycles. The van der Waals surface area contributed by atoms with Gasteiger partial charge in [-0.15, -0.1) is 0 Å². The highest BCUT2D eigenvalue weighted by Gasteiger charge is 2.23. The number of hydrogen-bond acceptors (Lipinski definition) is 0. The van der Waals surface area contributed by atoms with Crippen LogP contribution in [0.3, 0.4) is 0 Å². The Morgan fingerprint density at radius 2 is 1.81 bits per heavy atom. The number of benzene rings is 1. The van der Waals surface area contributed by atoms with Crippen LogP contribution in [-0.2, 0) is 0 Å². The molecule has 1 atom stereocenters. The summed E-state index contributed by atoms with van der Waals surface area (Å²) in [4.78, 5) is 0. The fourth-order valence-electron chi connectivity index (χ4n) is 1.94. The molecule has 0 saturated heterocycles. The van der Waals surface area contributed by atoms with E-state index in [4.69, 9.17) is 0 Å². The molecule has 0 aromatic heterocycles. The van der Waals surface area contributed by atoms with E-state index in [0.29, 0.717) is 5.92 Å². The molecule has 0 heteroatoms. The van der Waals surface area contributed by atoms with Crippen LogP contribution in [-0.4, -0.2) is 0 Å². The van der Waals surface area contributed by atoms with E-state index in [1.165, 1.54) is 5.56 Å². The normalized spacial score (nSPS) is 22.8. The molecule has 1 aromatic rings. The molecule has 0 bridgehead atoms. The lowest BCUT2D eigenvalue weighted by atomic mass is 9.76. The third-order valence-electron chi connectivity index (χ3n) is 3.11. The molecule has 82 valence electrons. The fraction of sp³-hybridized carbons (Fsp3) is 0.250. The predicted molar refractivity (Wildman–Crippen MR) is 71.0 cm³/mol. The summed E-state index contributed by atoms with van der Waals surface area (Å²) in [5.74, 6) is 0.484. The van der Waals surface area contributed by atoms with Crippen LogP contribution in [0.2, 0.25) is 0 Å². The molecule has 0 amide bonds. The zero-order valence-corrected chi connectivity index (χ0v) is 9.93. The Hall–Kier alpha value is -1.56. The third kappa shape index (κ3) is 2.52. The van der Waals surface area contributed by atoms with Gasteiger partial charge in [-0.05, 0) is 11.0 Å². The molecule has 0 heterocycles. The maximum atomic E-state index is 2.29. The Morgan fingerprint density at radius 3 is 2.50 bits per heavy atom. The van der Waals surface area contributed by atoms with E-state index in [9.17, 15) is 0 Å². The smallest absolute Gasteiger partial charge is 0.00389 e. The van der Waals surface area contributed by atoms with Crippen molar-refractivity contribution in [2.45, 2.75) is 13.8 Å². The van der Waals surface area contributed by atoms with Crippen molar-refractivity contribution in [3.8, 4) is 0 Å². The zero-order valence-electron chi connectivity index (χ0n) is 9.93. The first-order chi connectivity index (χ1) is 7.68. The Kier molecular flexibility index (Phi) is 3.09. The molecule has 0 radical (unpaired) electrons. The number of hydrogen-bond donors (Lipinski definition) is 0. The van der Waals surface area contributed by atoms with Crippen LogP contribution in [0.25, 0.3) is 6.08 Å². The van der Waals surface area contributed by atoms with Gasteiger partial charge in [0.05, 0.1) is 0 Å². The third-order valence-corrected chi connectivity index (χ3v) is 3.11. The molecule has 0 nitrogen and oxygen atoms in total. The average Bonchev–Trinajstić information content (AvgIpc) is 2.28. The van der Waals surface area contributed by atoms with Crippen molar-refractivity contribution in [3.63, 3.8) is 0 Å². The Balaban J connectivity index is 2.13. The van der Waals surface area contributed by atoms with Crippen LogP contribution in [0.4, 0.5) is 0 Å². The van der Waals surface area contributed by atoms with Crippen LogP contribution >= 0.6 is 0 Å². The summed E-state index contributed by atoms with van der Waals surface area (Å²) in [5.41, 5.74) is 1.49. The molecule has 1 aromatic carbocycles. The number of rotatable bonds is 2. The van der Waals surface area contributed by atoms with E-state index in [1.54, 1.807) is 0 Å². The highest BCUT2D eigenvalue weighted by Crippen LogP contribution is 2.33. The van der Waals surface area contributed by atoms with E-state index in [2.05, 4.69) is 74.6 Å². The zero-order chi connectivity index (χ0) is 11.4. The SMILES string of the molecule is CC1(C)C=CC=CC1C=Cc1ccccc1. The average molecular weight is 210 g/mol. The van der Waals surface area contributed by atoms with Gasteiger partial charge in [-0.1, -0.05) is 80.6 Å². The van der Waals surface area contributed by atoms with Gasteiger partial charge in [0.2, 0.25) is 0 Å². The van der Waals surface area contributed by atoms with E-state index in [0.717, 1.165) is 0 Å². The van der Waals surface area contributed by atoms with Gasteiger partial charge < -0.3 is 0 Å². The van der Waals surface area contributed by atoms with Crippen LogP contribution in [0.5, 0.6) is 0 Å². The van der Waals surface area contributed by atoms with Crippen molar-refractivity contribution in [1.29, 1.82) is 0 Å². The minimum absolute atomic E-state index is 0.222. The first-order valence-electron chi connectivity index (χ1n) is 5.78. The molecular weight excluding hydrogens is 192 g/mol. The van der Waals surface area contributed by atoms with E-state index in [-0.39, 0.29) is 5.41 Å². The van der Waals surface area contributed by atoms with E-state index >= 15 is 0 Å². The second-order valence-corrected chi connectivity index (χ2v) is 4.86. The maximum Gasteiger partial charge on any atom is 0.00389 e.